The van der Waals surface area contributed by atoms with Crippen LogP contribution in [0.4, 0.5) is 0 Å². The summed E-state index contributed by atoms with van der Waals surface area (Å²) in [4.78, 5) is 24.2. The molecule has 0 bridgehead atoms. The number of nitrogens with zero attached hydrogens (tertiary/aromatic N) is 1. The van der Waals surface area contributed by atoms with E-state index in [1.54, 1.807) is 29.9 Å². The summed E-state index contributed by atoms with van der Waals surface area (Å²) in [6.45, 7) is 0.313. The maximum absolute atomic E-state index is 11.6. The molecule has 0 fully saturated rings. The Bertz CT molecular complexity index is 607. The van der Waals surface area contributed by atoms with E-state index in [-0.39, 0.29) is 6.54 Å². The molecule has 0 radical (unpaired) electrons. The number of aryl methyl sites for hydroxylation is 1. The minimum atomic E-state index is -0.848. The van der Waals surface area contributed by atoms with Gasteiger partial charge in [-0.15, -0.1) is 11.3 Å². The van der Waals surface area contributed by atoms with Gasteiger partial charge in [0.1, 0.15) is 6.10 Å². The summed E-state index contributed by atoms with van der Waals surface area (Å²) in [7, 11) is 1.80. The van der Waals surface area contributed by atoms with Crippen LogP contribution in [0.15, 0.2) is 35.8 Å². The third-order valence-corrected chi connectivity index (χ3v) is 3.87. The Balaban J connectivity index is 1.76. The molecular weight excluding hydrogens is 290 g/mol. The average Bonchev–Trinajstić information content (AvgIpc) is 3.12. The van der Waals surface area contributed by atoms with Crippen molar-refractivity contribution in [3.8, 4) is 0 Å². The van der Waals surface area contributed by atoms with Crippen LogP contribution in [0.2, 0.25) is 0 Å². The first-order valence-corrected chi connectivity index (χ1v) is 7.33. The Morgan fingerprint density at radius 2 is 2.05 bits per heavy atom. The summed E-state index contributed by atoms with van der Waals surface area (Å²) in [6, 6.07) is 7.31. The third-order valence-electron chi connectivity index (χ3n) is 2.99. The fourth-order valence-electron chi connectivity index (χ4n) is 1.86. The molecule has 0 aromatic carbocycles. The summed E-state index contributed by atoms with van der Waals surface area (Å²) in [5, 5.41) is 16.8. The van der Waals surface area contributed by atoms with Gasteiger partial charge < -0.3 is 20.3 Å². The molecule has 0 aliphatic heterocycles. The van der Waals surface area contributed by atoms with Crippen LogP contribution in [0, 0.1) is 0 Å². The Labute approximate surface area is 126 Å². The van der Waals surface area contributed by atoms with Crippen molar-refractivity contribution in [2.45, 2.75) is 12.6 Å². The zero-order valence-electron chi connectivity index (χ0n) is 11.6. The van der Waals surface area contributed by atoms with E-state index in [0.717, 1.165) is 4.88 Å². The lowest BCUT2D eigenvalue weighted by Gasteiger charge is -2.12. The fraction of sp³-hybridized carbons (Fsp3) is 0.286. The van der Waals surface area contributed by atoms with E-state index in [1.807, 2.05) is 17.5 Å². The summed E-state index contributed by atoms with van der Waals surface area (Å²) in [5.74, 6) is -1.46. The van der Waals surface area contributed by atoms with Crippen LogP contribution in [-0.2, 0) is 23.2 Å². The largest absolute Gasteiger partial charge is 0.385 e. The molecule has 21 heavy (non-hydrogen) atoms. The summed E-state index contributed by atoms with van der Waals surface area (Å²) < 4.78 is 1.76. The molecule has 112 valence electrons. The lowest BCUT2D eigenvalue weighted by Crippen LogP contribution is -2.41. The molecule has 6 nitrogen and oxygen atoms in total. The van der Waals surface area contributed by atoms with Crippen molar-refractivity contribution in [1.82, 2.24) is 15.2 Å². The van der Waals surface area contributed by atoms with Crippen molar-refractivity contribution in [2.24, 2.45) is 7.05 Å². The van der Waals surface area contributed by atoms with Gasteiger partial charge in [0, 0.05) is 30.4 Å². The Kier molecular flexibility index (Phi) is 5.13. The molecule has 0 aliphatic rings. The predicted octanol–water partition coefficient (Wildman–Crippen LogP) is 0.553. The Hall–Kier alpha value is -2.12. The summed E-state index contributed by atoms with van der Waals surface area (Å²) in [5.41, 5.74) is 0.675. The highest BCUT2D eigenvalue weighted by Gasteiger charge is 2.16. The first-order chi connectivity index (χ1) is 10.1. The van der Waals surface area contributed by atoms with Crippen LogP contribution < -0.4 is 10.6 Å². The molecule has 2 heterocycles. The van der Waals surface area contributed by atoms with Gasteiger partial charge in [-0.2, -0.15) is 0 Å². The van der Waals surface area contributed by atoms with Crippen LogP contribution >= 0.6 is 11.3 Å². The van der Waals surface area contributed by atoms with E-state index in [0.29, 0.717) is 12.2 Å². The molecule has 1 unspecified atom stereocenters. The molecule has 0 saturated heterocycles. The lowest BCUT2D eigenvalue weighted by molar-refractivity contribution is -0.139. The van der Waals surface area contributed by atoms with Crippen LogP contribution in [0.3, 0.4) is 0 Å². The van der Waals surface area contributed by atoms with Crippen molar-refractivity contribution < 1.29 is 14.7 Å². The zero-order chi connectivity index (χ0) is 15.2. The van der Waals surface area contributed by atoms with Crippen molar-refractivity contribution >= 4 is 23.2 Å². The van der Waals surface area contributed by atoms with E-state index in [1.165, 1.54) is 11.3 Å². The maximum atomic E-state index is 11.6. The molecule has 2 amide bonds. The highest BCUT2D eigenvalue weighted by molar-refractivity contribution is 7.09. The number of aliphatic hydroxyl groups excluding tert-OH is 1. The van der Waals surface area contributed by atoms with Gasteiger partial charge in [-0.05, 0) is 23.6 Å². The van der Waals surface area contributed by atoms with Crippen LogP contribution in [0.25, 0.3) is 0 Å². The predicted molar refractivity (Wildman–Crippen MR) is 79.5 cm³/mol. The van der Waals surface area contributed by atoms with Crippen molar-refractivity contribution in [2.75, 3.05) is 6.54 Å². The maximum Gasteiger partial charge on any atom is 0.309 e. The molecule has 0 spiro atoms. The summed E-state index contributed by atoms with van der Waals surface area (Å²) in [6.07, 6.45) is 0.952. The number of nitrogens with one attached hydrogen (secondary N) is 2. The zero-order valence-corrected chi connectivity index (χ0v) is 12.4. The number of amides is 2. The molecule has 0 saturated carbocycles. The summed E-state index contributed by atoms with van der Waals surface area (Å²) >= 11 is 1.51. The van der Waals surface area contributed by atoms with Gasteiger partial charge in [-0.25, -0.2) is 0 Å². The number of carbonyl (C=O) groups excluding carboxylic acids is 2. The molecular formula is C14H17N3O3S. The molecule has 0 aliphatic carbocycles. The number of thiophene rings is 1. The van der Waals surface area contributed by atoms with Gasteiger partial charge in [-0.1, -0.05) is 6.07 Å². The second kappa shape index (κ2) is 7.05. The number of hydrogen-bond donors (Lipinski definition) is 3. The first-order valence-electron chi connectivity index (χ1n) is 6.45. The van der Waals surface area contributed by atoms with Crippen molar-refractivity contribution in [3.63, 3.8) is 0 Å². The third kappa shape index (κ3) is 4.17. The van der Waals surface area contributed by atoms with Gasteiger partial charge in [0.15, 0.2) is 0 Å². The van der Waals surface area contributed by atoms with Crippen molar-refractivity contribution in [3.05, 3.63) is 46.4 Å². The van der Waals surface area contributed by atoms with Gasteiger partial charge in [0.05, 0.1) is 6.54 Å². The van der Waals surface area contributed by atoms with Gasteiger partial charge in [0.25, 0.3) is 0 Å². The Morgan fingerprint density at radius 1 is 1.29 bits per heavy atom. The monoisotopic (exact) mass is 307 g/mol. The molecule has 7 heteroatoms. The van der Waals surface area contributed by atoms with Crippen molar-refractivity contribution in [1.29, 1.82) is 0 Å². The highest BCUT2D eigenvalue weighted by atomic mass is 32.1. The molecule has 3 N–H and O–H groups in total. The second-order valence-corrected chi connectivity index (χ2v) is 5.56. The fourth-order valence-corrected chi connectivity index (χ4v) is 2.50. The van der Waals surface area contributed by atoms with Gasteiger partial charge in [0.2, 0.25) is 0 Å². The minimum absolute atomic E-state index is 0.0108. The molecule has 2 aromatic rings. The van der Waals surface area contributed by atoms with E-state index < -0.39 is 17.9 Å². The van der Waals surface area contributed by atoms with E-state index in [4.69, 9.17) is 0 Å². The second-order valence-electron chi connectivity index (χ2n) is 4.53. The molecule has 2 rings (SSSR count). The van der Waals surface area contributed by atoms with Crippen LogP contribution in [-0.4, -0.2) is 28.0 Å². The van der Waals surface area contributed by atoms with Gasteiger partial charge in [-0.3, -0.25) is 9.59 Å². The number of aromatic nitrogens is 1. The number of carbonyl (C=O) groups is 2. The lowest BCUT2D eigenvalue weighted by atomic mass is 10.2. The van der Waals surface area contributed by atoms with E-state index in [2.05, 4.69) is 10.6 Å². The van der Waals surface area contributed by atoms with E-state index >= 15 is 0 Å². The van der Waals surface area contributed by atoms with Gasteiger partial charge >= 0.3 is 11.8 Å². The number of rotatable bonds is 5. The topological polar surface area (TPSA) is 83.4 Å². The minimum Gasteiger partial charge on any atom is -0.385 e. The average molecular weight is 307 g/mol. The number of hydrogen-bond acceptors (Lipinski definition) is 4. The molecule has 1 atom stereocenters. The molecule has 2 aromatic heterocycles. The standard InChI is InChI=1S/C14H17N3O3S/c1-17-6-2-5-11(17)12(18)9-16-14(20)13(19)15-8-10-4-3-7-21-10/h2-7,12,18H,8-9H2,1H3,(H,15,19)(H,16,20). The van der Waals surface area contributed by atoms with E-state index in [9.17, 15) is 14.7 Å². The highest BCUT2D eigenvalue weighted by Crippen LogP contribution is 2.11. The van der Waals surface area contributed by atoms with Crippen LogP contribution in [0.1, 0.15) is 16.7 Å². The SMILES string of the molecule is Cn1cccc1C(O)CNC(=O)C(=O)NCc1cccs1. The smallest absolute Gasteiger partial charge is 0.309 e. The number of aliphatic hydroxyl groups is 1. The Morgan fingerprint density at radius 3 is 2.67 bits per heavy atom. The quantitative estimate of drug-likeness (QED) is 0.706. The first kappa shape index (κ1) is 15.3. The van der Waals surface area contributed by atoms with Crippen LogP contribution in [0.5, 0.6) is 0 Å². The normalized spacial score (nSPS) is 11.9.